The molecular weight excluding hydrogens is 502 g/mol. The first-order chi connectivity index (χ1) is 17.7. The van der Waals surface area contributed by atoms with Crippen LogP contribution in [0.3, 0.4) is 0 Å². The Bertz CT molecular complexity index is 1260. The highest BCUT2D eigenvalue weighted by molar-refractivity contribution is 7.92. The van der Waals surface area contributed by atoms with Gasteiger partial charge in [-0.3, -0.25) is 4.72 Å². The molecule has 3 atom stereocenters. The number of sulfonamides is 1. The fraction of sp³-hybridized carbons (Fsp3) is 0.533. The van der Waals surface area contributed by atoms with Crippen LogP contribution in [0.2, 0.25) is 0 Å². The second-order valence-electron chi connectivity index (χ2n) is 11.8. The van der Waals surface area contributed by atoms with Crippen LogP contribution >= 0.6 is 0 Å². The van der Waals surface area contributed by atoms with Crippen LogP contribution in [0, 0.1) is 24.7 Å². The molecule has 0 aliphatic heterocycles. The summed E-state index contributed by atoms with van der Waals surface area (Å²) in [6.45, 7) is 13.6. The molecule has 208 valence electrons. The van der Waals surface area contributed by atoms with E-state index in [9.17, 15) is 18.0 Å². The van der Waals surface area contributed by atoms with Crippen molar-refractivity contribution in [2.75, 3.05) is 11.3 Å². The van der Waals surface area contributed by atoms with Gasteiger partial charge in [0.25, 0.3) is 10.0 Å². The Balaban J connectivity index is 1.72. The number of ether oxygens (including phenoxy) is 2. The average molecular weight is 544 g/mol. The van der Waals surface area contributed by atoms with Crippen molar-refractivity contribution in [3.63, 3.8) is 0 Å². The molecule has 1 aliphatic rings. The van der Waals surface area contributed by atoms with Gasteiger partial charge in [0.2, 0.25) is 0 Å². The zero-order chi connectivity index (χ0) is 28.3. The minimum Gasteiger partial charge on any atom is -0.460 e. The predicted molar refractivity (Wildman–Crippen MR) is 149 cm³/mol. The first-order valence-corrected chi connectivity index (χ1v) is 14.8. The standard InChI is InChI=1S/C30H41NO6S/c1-19(2)23-15-12-20(3)16-26(23)37-28(32)18-36-29(33)24-10-8-9-11-25(24)31-38(34,35)27-17-22(30(5,6)7)14-13-21(27)4/h8-11,13-14,17,19-20,23,26,31H,12,15-16,18H2,1-7H3/t20-,23-,26-/m1/s1. The summed E-state index contributed by atoms with van der Waals surface area (Å²) in [6, 6.07) is 11.5. The number of aryl methyl sites for hydroxylation is 1. The summed E-state index contributed by atoms with van der Waals surface area (Å²) in [4.78, 5) is 25.6. The van der Waals surface area contributed by atoms with Gasteiger partial charge in [0.15, 0.2) is 6.61 Å². The molecule has 0 amide bonds. The topological polar surface area (TPSA) is 98.8 Å². The van der Waals surface area contributed by atoms with Crippen molar-refractivity contribution in [1.82, 2.24) is 0 Å². The predicted octanol–water partition coefficient (Wildman–Crippen LogP) is 6.25. The summed E-state index contributed by atoms with van der Waals surface area (Å²) in [5.41, 5.74) is 1.32. The Morgan fingerprint density at radius 2 is 1.76 bits per heavy atom. The molecule has 0 saturated heterocycles. The maximum atomic E-state index is 13.3. The van der Waals surface area contributed by atoms with Crippen LogP contribution in [-0.2, 0) is 29.7 Å². The minimum absolute atomic E-state index is 0.0137. The van der Waals surface area contributed by atoms with Gasteiger partial charge in [-0.05, 0) is 72.3 Å². The normalized spacial score (nSPS) is 20.2. The molecule has 2 aromatic carbocycles. The van der Waals surface area contributed by atoms with Crippen molar-refractivity contribution in [1.29, 1.82) is 0 Å². The average Bonchev–Trinajstić information content (AvgIpc) is 2.82. The van der Waals surface area contributed by atoms with Gasteiger partial charge in [0.05, 0.1) is 16.1 Å². The van der Waals surface area contributed by atoms with Crippen molar-refractivity contribution in [2.45, 2.75) is 84.1 Å². The Hall–Kier alpha value is -2.87. The van der Waals surface area contributed by atoms with Crippen LogP contribution in [0.5, 0.6) is 0 Å². The number of benzene rings is 2. The summed E-state index contributed by atoms with van der Waals surface area (Å²) < 4.78 is 40.2. The summed E-state index contributed by atoms with van der Waals surface area (Å²) in [5.74, 6) is -0.275. The molecule has 0 radical (unpaired) electrons. The molecule has 0 aromatic heterocycles. The second kappa shape index (κ2) is 11.9. The molecule has 2 aromatic rings. The van der Waals surface area contributed by atoms with Crippen LogP contribution in [0.15, 0.2) is 47.4 Å². The first-order valence-electron chi connectivity index (χ1n) is 13.3. The van der Waals surface area contributed by atoms with E-state index in [4.69, 9.17) is 9.47 Å². The van der Waals surface area contributed by atoms with Crippen molar-refractivity contribution < 1.29 is 27.5 Å². The van der Waals surface area contributed by atoms with Crippen molar-refractivity contribution in [3.8, 4) is 0 Å². The van der Waals surface area contributed by atoms with Crippen LogP contribution in [-0.4, -0.2) is 33.1 Å². The Morgan fingerprint density at radius 1 is 1.08 bits per heavy atom. The van der Waals surface area contributed by atoms with E-state index < -0.39 is 28.6 Å². The van der Waals surface area contributed by atoms with Crippen molar-refractivity contribution in [2.24, 2.45) is 17.8 Å². The lowest BCUT2D eigenvalue weighted by Gasteiger charge is -2.36. The third-order valence-corrected chi connectivity index (χ3v) is 8.81. The molecule has 1 N–H and O–H groups in total. The SMILES string of the molecule is Cc1ccc(C(C)(C)C)cc1S(=O)(=O)Nc1ccccc1C(=O)OCC(=O)O[C@@H]1C[C@H](C)CC[C@@H]1C(C)C. The highest BCUT2D eigenvalue weighted by atomic mass is 32.2. The van der Waals surface area contributed by atoms with Gasteiger partial charge in [-0.25, -0.2) is 18.0 Å². The maximum Gasteiger partial charge on any atom is 0.344 e. The van der Waals surface area contributed by atoms with E-state index in [1.807, 2.05) is 26.8 Å². The summed E-state index contributed by atoms with van der Waals surface area (Å²) in [7, 11) is -4.00. The van der Waals surface area contributed by atoms with Crippen LogP contribution in [0.1, 0.15) is 82.3 Å². The van der Waals surface area contributed by atoms with E-state index in [1.54, 1.807) is 31.2 Å². The second-order valence-corrected chi connectivity index (χ2v) is 13.5. The number of esters is 2. The lowest BCUT2D eigenvalue weighted by molar-refractivity contribution is -0.159. The molecule has 38 heavy (non-hydrogen) atoms. The molecule has 0 spiro atoms. The molecule has 1 fully saturated rings. The molecule has 0 unspecified atom stereocenters. The number of carbonyl (C=O) groups is 2. The Kier molecular flexibility index (Phi) is 9.29. The summed E-state index contributed by atoms with van der Waals surface area (Å²) >= 11 is 0. The van der Waals surface area contributed by atoms with Gasteiger partial charge in [0.1, 0.15) is 6.10 Å². The molecule has 1 saturated carbocycles. The molecule has 0 heterocycles. The van der Waals surface area contributed by atoms with Gasteiger partial charge >= 0.3 is 11.9 Å². The minimum atomic E-state index is -4.00. The molecule has 0 bridgehead atoms. The molecule has 7 nitrogen and oxygen atoms in total. The van der Waals surface area contributed by atoms with Gasteiger partial charge in [-0.15, -0.1) is 0 Å². The zero-order valence-corrected chi connectivity index (χ0v) is 24.4. The van der Waals surface area contributed by atoms with Crippen molar-refractivity contribution in [3.05, 3.63) is 59.2 Å². The molecule has 8 heteroatoms. The van der Waals surface area contributed by atoms with Gasteiger partial charge < -0.3 is 9.47 Å². The van der Waals surface area contributed by atoms with E-state index in [2.05, 4.69) is 25.5 Å². The molecular formula is C30H41NO6S. The molecule has 3 rings (SSSR count). The van der Waals surface area contributed by atoms with E-state index in [0.717, 1.165) is 24.8 Å². The van der Waals surface area contributed by atoms with E-state index >= 15 is 0 Å². The number of rotatable bonds is 8. The molecule has 1 aliphatic carbocycles. The highest BCUT2D eigenvalue weighted by Gasteiger charge is 2.33. The lowest BCUT2D eigenvalue weighted by Crippen LogP contribution is -2.36. The summed E-state index contributed by atoms with van der Waals surface area (Å²) in [5, 5.41) is 0. The van der Waals surface area contributed by atoms with E-state index in [-0.39, 0.29) is 33.6 Å². The summed E-state index contributed by atoms with van der Waals surface area (Å²) in [6.07, 6.45) is 2.71. The Labute approximate surface area is 227 Å². The van der Waals surface area contributed by atoms with E-state index in [0.29, 0.717) is 17.4 Å². The van der Waals surface area contributed by atoms with Crippen molar-refractivity contribution >= 4 is 27.6 Å². The monoisotopic (exact) mass is 543 g/mol. The largest absolute Gasteiger partial charge is 0.460 e. The quantitative estimate of drug-likeness (QED) is 0.395. The fourth-order valence-electron chi connectivity index (χ4n) is 4.96. The van der Waals surface area contributed by atoms with Crippen LogP contribution in [0.25, 0.3) is 0 Å². The number of nitrogens with one attached hydrogen (secondary N) is 1. The smallest absolute Gasteiger partial charge is 0.344 e. The van der Waals surface area contributed by atoms with Gasteiger partial charge in [0, 0.05) is 0 Å². The number of hydrogen-bond donors (Lipinski definition) is 1. The first kappa shape index (κ1) is 29.7. The van der Waals surface area contributed by atoms with Gasteiger partial charge in [-0.2, -0.15) is 0 Å². The zero-order valence-electron chi connectivity index (χ0n) is 23.5. The lowest BCUT2D eigenvalue weighted by atomic mass is 9.75. The Morgan fingerprint density at radius 3 is 2.42 bits per heavy atom. The number of anilines is 1. The number of carbonyl (C=O) groups excluding carboxylic acids is 2. The van der Waals surface area contributed by atoms with Crippen LogP contribution < -0.4 is 4.72 Å². The maximum absolute atomic E-state index is 13.3. The fourth-order valence-corrected chi connectivity index (χ4v) is 6.31. The third-order valence-electron chi connectivity index (χ3n) is 7.30. The highest BCUT2D eigenvalue weighted by Crippen LogP contribution is 2.35. The number of hydrogen-bond acceptors (Lipinski definition) is 6. The van der Waals surface area contributed by atoms with Crippen LogP contribution in [0.4, 0.5) is 5.69 Å². The van der Waals surface area contributed by atoms with E-state index in [1.165, 1.54) is 12.1 Å². The third kappa shape index (κ3) is 7.37. The van der Waals surface area contributed by atoms with Gasteiger partial charge in [-0.1, -0.05) is 72.2 Å². The number of para-hydroxylation sites is 1.